The van der Waals surface area contributed by atoms with E-state index in [9.17, 15) is 0 Å². The van der Waals surface area contributed by atoms with E-state index in [1.165, 1.54) is 0 Å². The molecule has 1 heterocycles. The molecule has 0 saturated carbocycles. The lowest BCUT2D eigenvalue weighted by Crippen LogP contribution is -2.11. The van der Waals surface area contributed by atoms with Crippen molar-refractivity contribution < 1.29 is 4.74 Å². The molecular weight excluding hydrogens is 282 g/mol. The minimum absolute atomic E-state index is 0.187. The van der Waals surface area contributed by atoms with Crippen LogP contribution in [0.5, 0.6) is 5.75 Å². The minimum atomic E-state index is -0.187. The van der Waals surface area contributed by atoms with E-state index in [1.807, 2.05) is 43.5 Å². The number of rotatable bonds is 4. The smallest absolute Gasteiger partial charge is 0.195 e. The summed E-state index contributed by atoms with van der Waals surface area (Å²) in [5, 5.41) is 7.74. The first-order chi connectivity index (χ1) is 9.02. The van der Waals surface area contributed by atoms with Crippen LogP contribution in [0.1, 0.15) is 31.3 Å². The third-order valence-electron chi connectivity index (χ3n) is 2.91. The topological polar surface area (TPSA) is 42.8 Å². The molecule has 0 fully saturated rings. The molecule has 1 atom stereocenters. The summed E-state index contributed by atoms with van der Waals surface area (Å²) in [6.45, 7) is 6.68. The van der Waals surface area contributed by atoms with E-state index < -0.39 is 0 Å². The van der Waals surface area contributed by atoms with Gasteiger partial charge in [0.1, 0.15) is 5.75 Å². The zero-order chi connectivity index (χ0) is 14.0. The minimum Gasteiger partial charge on any atom is -0.483 e. The Hall–Kier alpha value is -1.33. The normalized spacial score (nSPS) is 12.4. The summed E-state index contributed by atoms with van der Waals surface area (Å²) in [5.41, 5.74) is 0.987. The van der Waals surface area contributed by atoms with Crippen molar-refractivity contribution in [2.45, 2.75) is 33.4 Å². The molecule has 0 saturated heterocycles. The van der Waals surface area contributed by atoms with Crippen molar-refractivity contribution in [1.29, 1.82) is 0 Å². The summed E-state index contributed by atoms with van der Waals surface area (Å²) >= 11 is 11.2. The summed E-state index contributed by atoms with van der Waals surface area (Å²) in [6.07, 6.45) is -0.187. The molecule has 0 unspecified atom stereocenters. The Labute approximate surface area is 122 Å². The maximum atomic E-state index is 5.99. The fourth-order valence-electron chi connectivity index (χ4n) is 1.89. The van der Waals surface area contributed by atoms with Gasteiger partial charge in [-0.1, -0.05) is 11.6 Å². The molecule has 102 valence electrons. The quantitative estimate of drug-likeness (QED) is 0.865. The number of halogens is 1. The highest BCUT2D eigenvalue weighted by Gasteiger charge is 2.15. The van der Waals surface area contributed by atoms with Crippen LogP contribution in [0.3, 0.4) is 0 Å². The van der Waals surface area contributed by atoms with Gasteiger partial charge in [0, 0.05) is 11.6 Å². The zero-order valence-corrected chi connectivity index (χ0v) is 12.7. The highest BCUT2D eigenvalue weighted by Crippen LogP contribution is 2.25. The predicted molar refractivity (Wildman–Crippen MR) is 78.3 cm³/mol. The highest BCUT2D eigenvalue weighted by molar-refractivity contribution is 7.71. The van der Waals surface area contributed by atoms with Gasteiger partial charge in [0.15, 0.2) is 16.7 Å². The molecule has 1 aromatic carbocycles. The van der Waals surface area contributed by atoms with Gasteiger partial charge in [-0.3, -0.25) is 5.10 Å². The van der Waals surface area contributed by atoms with E-state index in [-0.39, 0.29) is 6.10 Å². The molecule has 2 aromatic rings. The number of aromatic nitrogens is 3. The van der Waals surface area contributed by atoms with Gasteiger partial charge in [0.2, 0.25) is 0 Å². The predicted octanol–water partition coefficient (Wildman–Crippen LogP) is 4.06. The van der Waals surface area contributed by atoms with Gasteiger partial charge in [0.25, 0.3) is 0 Å². The van der Waals surface area contributed by atoms with E-state index >= 15 is 0 Å². The molecule has 2 rings (SSSR count). The van der Waals surface area contributed by atoms with Crippen molar-refractivity contribution in [1.82, 2.24) is 14.8 Å². The summed E-state index contributed by atoms with van der Waals surface area (Å²) in [6, 6.07) is 5.59. The number of hydrogen-bond acceptors (Lipinski definition) is 3. The second kappa shape index (κ2) is 5.75. The number of aromatic amines is 1. The van der Waals surface area contributed by atoms with Crippen LogP contribution >= 0.6 is 23.8 Å². The van der Waals surface area contributed by atoms with Gasteiger partial charge in [0.05, 0.1) is 0 Å². The molecule has 0 amide bonds. The highest BCUT2D eigenvalue weighted by atomic mass is 35.5. The van der Waals surface area contributed by atoms with E-state index in [0.29, 0.717) is 4.77 Å². The van der Waals surface area contributed by atoms with Crippen molar-refractivity contribution in [2.75, 3.05) is 0 Å². The Morgan fingerprint density at radius 3 is 2.89 bits per heavy atom. The molecule has 1 aromatic heterocycles. The lowest BCUT2D eigenvalue weighted by molar-refractivity contribution is 0.210. The fraction of sp³-hybridized carbons (Fsp3) is 0.385. The molecule has 19 heavy (non-hydrogen) atoms. The molecule has 0 aliphatic rings. The fourth-order valence-corrected chi connectivity index (χ4v) is 2.28. The molecule has 4 nitrogen and oxygen atoms in total. The van der Waals surface area contributed by atoms with E-state index in [4.69, 9.17) is 28.6 Å². The van der Waals surface area contributed by atoms with Crippen LogP contribution in [-0.4, -0.2) is 14.8 Å². The van der Waals surface area contributed by atoms with Gasteiger partial charge in [-0.05, 0) is 56.8 Å². The molecule has 1 N–H and O–H groups in total. The lowest BCUT2D eigenvalue weighted by Gasteiger charge is -2.15. The Morgan fingerprint density at radius 1 is 1.53 bits per heavy atom. The van der Waals surface area contributed by atoms with Crippen LogP contribution in [-0.2, 0) is 6.54 Å². The molecular formula is C13H16ClN3OS. The van der Waals surface area contributed by atoms with Crippen molar-refractivity contribution in [3.63, 3.8) is 0 Å². The molecule has 6 heteroatoms. The summed E-state index contributed by atoms with van der Waals surface area (Å²) < 4.78 is 8.41. The van der Waals surface area contributed by atoms with Crippen LogP contribution < -0.4 is 4.74 Å². The SMILES string of the molecule is CCn1c([C@@H](C)Oc2ccc(Cl)c(C)c2)n[nH]c1=S. The number of benzene rings is 1. The van der Waals surface area contributed by atoms with Crippen molar-refractivity contribution >= 4 is 23.8 Å². The lowest BCUT2D eigenvalue weighted by atomic mass is 10.2. The number of hydrogen-bond donors (Lipinski definition) is 1. The van der Waals surface area contributed by atoms with Gasteiger partial charge in [-0.15, -0.1) is 0 Å². The maximum Gasteiger partial charge on any atom is 0.195 e. The maximum absolute atomic E-state index is 5.99. The molecule has 0 aliphatic heterocycles. The zero-order valence-electron chi connectivity index (χ0n) is 11.1. The Balaban J connectivity index is 2.22. The second-order valence-electron chi connectivity index (χ2n) is 4.30. The van der Waals surface area contributed by atoms with E-state index in [0.717, 1.165) is 28.7 Å². The van der Waals surface area contributed by atoms with Crippen LogP contribution in [0, 0.1) is 11.7 Å². The number of nitrogens with one attached hydrogen (secondary N) is 1. The van der Waals surface area contributed by atoms with Gasteiger partial charge >= 0.3 is 0 Å². The van der Waals surface area contributed by atoms with Crippen molar-refractivity contribution in [3.8, 4) is 5.75 Å². The number of H-pyrrole nitrogens is 1. The third-order valence-corrected chi connectivity index (χ3v) is 3.65. The largest absolute Gasteiger partial charge is 0.483 e. The average Bonchev–Trinajstić information content (AvgIpc) is 2.75. The summed E-state index contributed by atoms with van der Waals surface area (Å²) in [4.78, 5) is 0. The summed E-state index contributed by atoms with van der Waals surface area (Å²) in [7, 11) is 0. The van der Waals surface area contributed by atoms with Crippen LogP contribution in [0.4, 0.5) is 0 Å². The first kappa shape index (κ1) is 14.1. The molecule has 0 aliphatic carbocycles. The molecule has 0 radical (unpaired) electrons. The number of nitrogens with zero attached hydrogens (tertiary/aromatic N) is 2. The molecule has 0 spiro atoms. The van der Waals surface area contributed by atoms with Gasteiger partial charge in [-0.25, -0.2) is 0 Å². The van der Waals surface area contributed by atoms with Gasteiger partial charge < -0.3 is 9.30 Å². The number of aryl methyl sites for hydroxylation is 1. The van der Waals surface area contributed by atoms with Crippen molar-refractivity contribution in [2.24, 2.45) is 0 Å². The van der Waals surface area contributed by atoms with E-state index in [1.54, 1.807) is 0 Å². The first-order valence-corrected chi connectivity index (χ1v) is 6.89. The Bertz CT molecular complexity index is 635. The van der Waals surface area contributed by atoms with Crippen LogP contribution in [0.25, 0.3) is 0 Å². The second-order valence-corrected chi connectivity index (χ2v) is 5.10. The van der Waals surface area contributed by atoms with Crippen molar-refractivity contribution in [3.05, 3.63) is 39.4 Å². The monoisotopic (exact) mass is 297 g/mol. The third kappa shape index (κ3) is 2.98. The van der Waals surface area contributed by atoms with Gasteiger partial charge in [-0.2, -0.15) is 5.10 Å². The number of ether oxygens (including phenoxy) is 1. The van der Waals surface area contributed by atoms with Crippen LogP contribution in [0.15, 0.2) is 18.2 Å². The van der Waals surface area contributed by atoms with Crippen LogP contribution in [0.2, 0.25) is 5.02 Å². The van der Waals surface area contributed by atoms with E-state index in [2.05, 4.69) is 10.2 Å². The standard InChI is InChI=1S/C13H16ClN3OS/c1-4-17-12(15-16-13(17)19)9(3)18-10-5-6-11(14)8(2)7-10/h5-7,9H,4H2,1-3H3,(H,16,19)/t9-/m1/s1. The average molecular weight is 298 g/mol. The Morgan fingerprint density at radius 2 is 2.26 bits per heavy atom. The molecule has 0 bridgehead atoms. The first-order valence-electron chi connectivity index (χ1n) is 6.10. The summed E-state index contributed by atoms with van der Waals surface area (Å²) in [5.74, 6) is 1.56. The Kier molecular flexibility index (Phi) is 4.27.